The van der Waals surface area contributed by atoms with Crippen molar-refractivity contribution in [1.29, 1.82) is 0 Å². The maximum atomic E-state index is 13.6. The van der Waals surface area contributed by atoms with Crippen molar-refractivity contribution in [3.63, 3.8) is 0 Å². The second-order valence-corrected chi connectivity index (χ2v) is 8.46. The fraction of sp³-hybridized carbons (Fsp3) is 0.240. The minimum absolute atomic E-state index is 0.209. The SMILES string of the molecule is CCOC(=O)C1=C(C)N=c2sc(=Cc3ccccc3OC)c(=O)n2C1c1ccc(C)cc1. The van der Waals surface area contributed by atoms with E-state index < -0.39 is 12.0 Å². The zero-order valence-electron chi connectivity index (χ0n) is 18.4. The fourth-order valence-electron chi connectivity index (χ4n) is 3.78. The molecule has 6 nitrogen and oxygen atoms in total. The Morgan fingerprint density at radius 2 is 1.88 bits per heavy atom. The highest BCUT2D eigenvalue weighted by Crippen LogP contribution is 2.30. The van der Waals surface area contributed by atoms with Gasteiger partial charge in [0.15, 0.2) is 4.80 Å². The van der Waals surface area contributed by atoms with Gasteiger partial charge in [0.2, 0.25) is 0 Å². The number of fused-ring (bicyclic) bond motifs is 1. The second-order valence-electron chi connectivity index (χ2n) is 7.45. The maximum absolute atomic E-state index is 13.6. The molecule has 1 unspecified atom stereocenters. The lowest BCUT2D eigenvalue weighted by Crippen LogP contribution is -2.39. The maximum Gasteiger partial charge on any atom is 0.338 e. The molecular formula is C25H24N2O4S. The minimum atomic E-state index is -0.606. The number of ether oxygens (including phenoxy) is 2. The Balaban J connectivity index is 1.97. The molecule has 0 saturated carbocycles. The number of methoxy groups -OCH3 is 1. The minimum Gasteiger partial charge on any atom is -0.496 e. The van der Waals surface area contributed by atoms with Crippen molar-refractivity contribution in [3.05, 3.63) is 96.2 Å². The normalized spacial score (nSPS) is 15.9. The molecule has 2 aromatic carbocycles. The lowest BCUT2D eigenvalue weighted by Gasteiger charge is -2.24. The number of nitrogens with zero attached hydrogens (tertiary/aromatic N) is 2. The number of rotatable bonds is 5. The summed E-state index contributed by atoms with van der Waals surface area (Å²) >= 11 is 1.29. The van der Waals surface area contributed by atoms with Crippen LogP contribution >= 0.6 is 11.3 Å². The molecule has 4 rings (SSSR count). The molecule has 0 amide bonds. The summed E-state index contributed by atoms with van der Waals surface area (Å²) in [5, 5.41) is 0. The van der Waals surface area contributed by atoms with Crippen molar-refractivity contribution in [2.45, 2.75) is 26.8 Å². The van der Waals surface area contributed by atoms with Gasteiger partial charge in [-0.15, -0.1) is 0 Å². The summed E-state index contributed by atoms with van der Waals surface area (Å²) in [6.45, 7) is 5.78. The van der Waals surface area contributed by atoms with E-state index in [9.17, 15) is 9.59 Å². The number of hydrogen-bond acceptors (Lipinski definition) is 6. The van der Waals surface area contributed by atoms with Crippen molar-refractivity contribution in [1.82, 2.24) is 4.57 Å². The average molecular weight is 449 g/mol. The van der Waals surface area contributed by atoms with Crippen LogP contribution in [0.1, 0.15) is 36.6 Å². The summed E-state index contributed by atoms with van der Waals surface area (Å²) in [6.07, 6.45) is 1.80. The summed E-state index contributed by atoms with van der Waals surface area (Å²) < 4.78 is 12.9. The molecular weight excluding hydrogens is 424 g/mol. The van der Waals surface area contributed by atoms with Crippen LogP contribution in [-0.2, 0) is 9.53 Å². The number of carbonyl (C=O) groups is 1. The number of esters is 1. The van der Waals surface area contributed by atoms with E-state index in [1.54, 1.807) is 31.6 Å². The summed E-state index contributed by atoms with van der Waals surface area (Å²) in [5.74, 6) is 0.218. The molecule has 3 aromatic rings. The third kappa shape index (κ3) is 3.91. The van der Waals surface area contributed by atoms with E-state index in [1.807, 2.05) is 55.5 Å². The van der Waals surface area contributed by atoms with E-state index in [4.69, 9.17) is 9.47 Å². The third-order valence-electron chi connectivity index (χ3n) is 5.34. The van der Waals surface area contributed by atoms with Crippen LogP contribution < -0.4 is 19.6 Å². The quantitative estimate of drug-likeness (QED) is 0.563. The zero-order chi connectivity index (χ0) is 22.8. The van der Waals surface area contributed by atoms with Gasteiger partial charge in [0.05, 0.1) is 35.6 Å². The molecule has 1 aliphatic heterocycles. The molecule has 0 aliphatic carbocycles. The van der Waals surface area contributed by atoms with E-state index in [2.05, 4.69) is 4.99 Å². The van der Waals surface area contributed by atoms with E-state index in [0.29, 0.717) is 26.4 Å². The van der Waals surface area contributed by atoms with Gasteiger partial charge in [-0.3, -0.25) is 9.36 Å². The largest absolute Gasteiger partial charge is 0.496 e. The van der Waals surface area contributed by atoms with Crippen LogP contribution in [0.15, 0.2) is 69.6 Å². The highest BCUT2D eigenvalue weighted by molar-refractivity contribution is 7.07. The van der Waals surface area contributed by atoms with Gasteiger partial charge in [0, 0.05) is 5.56 Å². The summed E-state index contributed by atoms with van der Waals surface area (Å²) in [6, 6.07) is 14.7. The van der Waals surface area contributed by atoms with Gasteiger partial charge in [-0.05, 0) is 38.5 Å². The number of thiazole rings is 1. The summed E-state index contributed by atoms with van der Waals surface area (Å²) in [4.78, 5) is 31.6. The Bertz CT molecular complexity index is 1380. The number of hydrogen-bond donors (Lipinski definition) is 0. The first-order chi connectivity index (χ1) is 15.4. The Hall–Kier alpha value is -3.45. The van der Waals surface area contributed by atoms with E-state index in [-0.39, 0.29) is 12.2 Å². The molecule has 0 saturated heterocycles. The van der Waals surface area contributed by atoms with Crippen LogP contribution in [0.2, 0.25) is 0 Å². The standard InChI is InChI=1S/C25H24N2O4S/c1-5-31-24(29)21-16(3)26-25-27(22(21)17-12-10-15(2)11-13-17)23(28)20(32-25)14-18-8-6-7-9-19(18)30-4/h6-14,22H,5H2,1-4H3. The van der Waals surface area contributed by atoms with Crippen molar-refractivity contribution in [2.75, 3.05) is 13.7 Å². The van der Waals surface area contributed by atoms with Crippen molar-refractivity contribution in [3.8, 4) is 5.75 Å². The molecule has 0 fully saturated rings. The van der Waals surface area contributed by atoms with Gasteiger partial charge >= 0.3 is 5.97 Å². The van der Waals surface area contributed by atoms with E-state index in [0.717, 1.165) is 16.7 Å². The number of aryl methyl sites for hydroxylation is 1. The molecule has 32 heavy (non-hydrogen) atoms. The number of para-hydroxylation sites is 1. The predicted octanol–water partition coefficient (Wildman–Crippen LogP) is 3.12. The Kier molecular flexibility index (Phi) is 6.10. The van der Waals surface area contributed by atoms with Crippen LogP contribution in [0, 0.1) is 6.92 Å². The van der Waals surface area contributed by atoms with Gasteiger partial charge in [0.1, 0.15) is 5.75 Å². The first-order valence-electron chi connectivity index (χ1n) is 10.3. The molecule has 0 N–H and O–H groups in total. The zero-order valence-corrected chi connectivity index (χ0v) is 19.2. The predicted molar refractivity (Wildman–Crippen MR) is 125 cm³/mol. The number of aromatic nitrogens is 1. The first kappa shape index (κ1) is 21.8. The van der Waals surface area contributed by atoms with Crippen molar-refractivity contribution >= 4 is 23.4 Å². The topological polar surface area (TPSA) is 69.9 Å². The molecule has 1 aliphatic rings. The van der Waals surface area contributed by atoms with Gasteiger partial charge < -0.3 is 9.47 Å². The summed E-state index contributed by atoms with van der Waals surface area (Å²) in [7, 11) is 1.60. The van der Waals surface area contributed by atoms with Gasteiger partial charge in [-0.25, -0.2) is 9.79 Å². The number of allylic oxidation sites excluding steroid dienone is 1. The number of carbonyl (C=O) groups excluding carboxylic acids is 1. The molecule has 0 bridgehead atoms. The van der Waals surface area contributed by atoms with Gasteiger partial charge in [-0.2, -0.15) is 0 Å². The van der Waals surface area contributed by atoms with Crippen molar-refractivity contribution in [2.24, 2.45) is 4.99 Å². The fourth-order valence-corrected chi connectivity index (χ4v) is 4.82. The van der Waals surface area contributed by atoms with Crippen molar-refractivity contribution < 1.29 is 14.3 Å². The Morgan fingerprint density at radius 3 is 2.56 bits per heavy atom. The van der Waals surface area contributed by atoms with Crippen LogP contribution in [-0.4, -0.2) is 24.3 Å². The highest BCUT2D eigenvalue weighted by atomic mass is 32.1. The molecule has 0 radical (unpaired) electrons. The highest BCUT2D eigenvalue weighted by Gasteiger charge is 2.33. The molecule has 1 aromatic heterocycles. The Labute approximate surface area is 189 Å². The molecule has 0 spiro atoms. The molecule has 1 atom stereocenters. The first-order valence-corrected chi connectivity index (χ1v) is 11.2. The van der Waals surface area contributed by atoms with Crippen LogP contribution in [0.3, 0.4) is 0 Å². The second kappa shape index (κ2) is 8.96. The molecule has 7 heteroatoms. The van der Waals surface area contributed by atoms with Crippen LogP contribution in [0.4, 0.5) is 0 Å². The third-order valence-corrected chi connectivity index (χ3v) is 6.32. The smallest absolute Gasteiger partial charge is 0.338 e. The lowest BCUT2D eigenvalue weighted by molar-refractivity contribution is -0.139. The Morgan fingerprint density at radius 1 is 1.16 bits per heavy atom. The van der Waals surface area contributed by atoms with E-state index in [1.165, 1.54) is 11.3 Å². The average Bonchev–Trinajstić information content (AvgIpc) is 3.08. The lowest BCUT2D eigenvalue weighted by atomic mass is 9.95. The molecule has 2 heterocycles. The monoisotopic (exact) mass is 448 g/mol. The van der Waals surface area contributed by atoms with Crippen LogP contribution in [0.5, 0.6) is 5.75 Å². The summed E-state index contributed by atoms with van der Waals surface area (Å²) in [5.41, 5.74) is 3.45. The van der Waals surface area contributed by atoms with Gasteiger partial charge in [0.25, 0.3) is 5.56 Å². The van der Waals surface area contributed by atoms with Gasteiger partial charge in [-0.1, -0.05) is 59.4 Å². The van der Waals surface area contributed by atoms with E-state index >= 15 is 0 Å². The molecule has 164 valence electrons. The van der Waals surface area contributed by atoms with Crippen LogP contribution in [0.25, 0.3) is 6.08 Å². The number of benzene rings is 2.